The molecule has 106 valence electrons. The van der Waals surface area contributed by atoms with E-state index in [0.717, 1.165) is 12.3 Å². The van der Waals surface area contributed by atoms with Crippen molar-refractivity contribution in [2.75, 3.05) is 12.3 Å². The van der Waals surface area contributed by atoms with E-state index in [1.807, 2.05) is 0 Å². The van der Waals surface area contributed by atoms with Gasteiger partial charge in [0.25, 0.3) is 11.6 Å². The van der Waals surface area contributed by atoms with Crippen molar-refractivity contribution in [1.82, 2.24) is 15.6 Å². The van der Waals surface area contributed by atoms with Crippen LogP contribution in [0, 0.1) is 10.1 Å². The molecule has 9 nitrogen and oxygen atoms in total. The molecule has 2 amide bonds. The van der Waals surface area contributed by atoms with Gasteiger partial charge in [0.15, 0.2) is 0 Å². The number of pyridine rings is 1. The van der Waals surface area contributed by atoms with Crippen molar-refractivity contribution in [3.63, 3.8) is 0 Å². The second-order valence-corrected chi connectivity index (χ2v) is 4.40. The van der Waals surface area contributed by atoms with Crippen LogP contribution in [0.4, 0.5) is 11.5 Å². The van der Waals surface area contributed by atoms with Crippen molar-refractivity contribution in [3.8, 4) is 0 Å². The molecule has 20 heavy (non-hydrogen) atoms. The molecule has 2 heterocycles. The summed E-state index contributed by atoms with van der Waals surface area (Å²) in [5.74, 6) is -0.662. The molecule has 9 heteroatoms. The number of aromatic nitrogens is 1. The highest BCUT2D eigenvalue weighted by Crippen LogP contribution is 2.18. The van der Waals surface area contributed by atoms with Crippen LogP contribution < -0.4 is 16.4 Å². The number of hydrogen-bond donors (Lipinski definition) is 3. The summed E-state index contributed by atoms with van der Waals surface area (Å²) in [5, 5.41) is 16.1. The smallest absolute Gasteiger partial charge is 0.300 e. The Morgan fingerprint density at radius 3 is 3.00 bits per heavy atom. The zero-order valence-corrected chi connectivity index (χ0v) is 10.5. The fraction of sp³-hybridized carbons (Fsp3) is 0.364. The maximum Gasteiger partial charge on any atom is 0.300 e. The Balaban J connectivity index is 2.07. The van der Waals surface area contributed by atoms with Crippen LogP contribution in [0.1, 0.15) is 23.2 Å². The van der Waals surface area contributed by atoms with E-state index in [2.05, 4.69) is 15.6 Å². The van der Waals surface area contributed by atoms with Crippen LogP contribution in [0.15, 0.2) is 12.3 Å². The number of nitrogens with two attached hydrogens (primary N) is 1. The van der Waals surface area contributed by atoms with Crippen molar-refractivity contribution in [2.24, 2.45) is 0 Å². The van der Waals surface area contributed by atoms with Gasteiger partial charge in [-0.15, -0.1) is 0 Å². The fourth-order valence-corrected chi connectivity index (χ4v) is 1.93. The molecule has 1 unspecified atom stereocenters. The van der Waals surface area contributed by atoms with Crippen molar-refractivity contribution in [2.45, 2.75) is 18.9 Å². The first-order valence-electron chi connectivity index (χ1n) is 5.95. The Hall–Kier alpha value is -2.71. The summed E-state index contributed by atoms with van der Waals surface area (Å²) < 4.78 is 0. The Morgan fingerprint density at radius 2 is 2.40 bits per heavy atom. The number of anilines is 1. The molecule has 1 aliphatic rings. The third kappa shape index (κ3) is 2.99. The van der Waals surface area contributed by atoms with Crippen LogP contribution in [0.25, 0.3) is 0 Å². The van der Waals surface area contributed by atoms with Crippen molar-refractivity contribution < 1.29 is 14.5 Å². The lowest BCUT2D eigenvalue weighted by Crippen LogP contribution is -2.38. The normalized spacial score (nSPS) is 17.6. The number of rotatable bonds is 4. The Kier molecular flexibility index (Phi) is 3.78. The number of nitrogen functional groups attached to an aromatic ring is 1. The molecule has 0 spiro atoms. The van der Waals surface area contributed by atoms with E-state index in [1.165, 1.54) is 0 Å². The summed E-state index contributed by atoms with van der Waals surface area (Å²) in [6.07, 6.45) is 1.99. The highest BCUT2D eigenvalue weighted by molar-refractivity contribution is 5.98. The maximum absolute atomic E-state index is 11.9. The van der Waals surface area contributed by atoms with Crippen molar-refractivity contribution >= 4 is 23.3 Å². The first kappa shape index (κ1) is 13.7. The standard InChI is InChI=1S/C11H13N5O4/c12-9-3-7(8(5-13-9)16(19)20)11(18)14-4-6-1-2-10(17)15-6/h3,5-6H,1-2,4H2,(H2,12,13)(H,14,18)(H,15,17). The van der Waals surface area contributed by atoms with Gasteiger partial charge >= 0.3 is 0 Å². The Bertz CT molecular complexity index is 574. The predicted octanol–water partition coefficient (Wildman–Crippen LogP) is -0.420. The molecule has 1 saturated heterocycles. The van der Waals surface area contributed by atoms with E-state index < -0.39 is 16.5 Å². The molecule has 0 radical (unpaired) electrons. The Morgan fingerprint density at radius 1 is 1.65 bits per heavy atom. The van der Waals surface area contributed by atoms with Gasteiger partial charge in [-0.25, -0.2) is 4.98 Å². The molecule has 2 rings (SSSR count). The zero-order valence-electron chi connectivity index (χ0n) is 10.5. The van der Waals surface area contributed by atoms with Crippen LogP contribution in [-0.2, 0) is 4.79 Å². The highest BCUT2D eigenvalue weighted by atomic mass is 16.6. The Labute approximate surface area is 113 Å². The van der Waals surface area contributed by atoms with E-state index in [-0.39, 0.29) is 29.9 Å². The number of nitrogens with one attached hydrogen (secondary N) is 2. The highest BCUT2D eigenvalue weighted by Gasteiger charge is 2.24. The third-order valence-corrected chi connectivity index (χ3v) is 2.94. The fourth-order valence-electron chi connectivity index (χ4n) is 1.93. The number of hydrogen-bond acceptors (Lipinski definition) is 6. The molecule has 1 atom stereocenters. The maximum atomic E-state index is 11.9. The SMILES string of the molecule is Nc1cc(C(=O)NCC2CCC(=O)N2)c([N+](=O)[O-])cn1. The number of nitrogens with zero attached hydrogens (tertiary/aromatic N) is 2. The van der Waals surface area contributed by atoms with E-state index in [0.29, 0.717) is 12.8 Å². The second kappa shape index (κ2) is 5.51. The van der Waals surface area contributed by atoms with Gasteiger partial charge in [-0.05, 0) is 12.5 Å². The average molecular weight is 279 g/mol. The summed E-state index contributed by atoms with van der Waals surface area (Å²) in [5.41, 5.74) is 4.87. The van der Waals surface area contributed by atoms with Crippen LogP contribution in [0.2, 0.25) is 0 Å². The molecule has 1 aromatic heterocycles. The van der Waals surface area contributed by atoms with Gasteiger partial charge in [0.2, 0.25) is 5.91 Å². The molecule has 0 aromatic carbocycles. The average Bonchev–Trinajstić information content (AvgIpc) is 2.81. The number of carbonyl (C=O) groups excluding carboxylic acids is 2. The summed E-state index contributed by atoms with van der Waals surface area (Å²) in [7, 11) is 0. The van der Waals surface area contributed by atoms with Crippen LogP contribution >= 0.6 is 0 Å². The molecule has 1 aromatic rings. The van der Waals surface area contributed by atoms with Crippen molar-refractivity contribution in [1.29, 1.82) is 0 Å². The minimum Gasteiger partial charge on any atom is -0.384 e. The minimum atomic E-state index is -0.696. The van der Waals surface area contributed by atoms with Crippen molar-refractivity contribution in [3.05, 3.63) is 27.9 Å². The van der Waals surface area contributed by atoms with Gasteiger partial charge in [-0.3, -0.25) is 19.7 Å². The summed E-state index contributed by atoms with van der Waals surface area (Å²) in [6, 6.07) is 1.01. The first-order valence-corrected chi connectivity index (χ1v) is 5.95. The quantitative estimate of drug-likeness (QED) is 0.505. The molecule has 0 aliphatic carbocycles. The van der Waals surface area contributed by atoms with E-state index >= 15 is 0 Å². The molecule has 1 fully saturated rings. The van der Waals surface area contributed by atoms with E-state index in [9.17, 15) is 19.7 Å². The lowest BCUT2D eigenvalue weighted by molar-refractivity contribution is -0.385. The third-order valence-electron chi connectivity index (χ3n) is 2.94. The van der Waals surface area contributed by atoms with Gasteiger partial charge in [-0.2, -0.15) is 0 Å². The molecule has 1 aliphatic heterocycles. The van der Waals surface area contributed by atoms with E-state index in [4.69, 9.17) is 5.73 Å². The number of amides is 2. The molecular weight excluding hydrogens is 266 g/mol. The first-order chi connectivity index (χ1) is 9.47. The predicted molar refractivity (Wildman–Crippen MR) is 68.8 cm³/mol. The van der Waals surface area contributed by atoms with Gasteiger partial charge in [0.1, 0.15) is 17.6 Å². The summed E-state index contributed by atoms with van der Waals surface area (Å²) in [4.78, 5) is 36.7. The summed E-state index contributed by atoms with van der Waals surface area (Å²) in [6.45, 7) is 0.212. The topological polar surface area (TPSA) is 140 Å². The van der Waals surface area contributed by atoms with Gasteiger partial charge in [-0.1, -0.05) is 0 Å². The number of carbonyl (C=O) groups is 2. The van der Waals surface area contributed by atoms with Gasteiger partial charge < -0.3 is 16.4 Å². The largest absolute Gasteiger partial charge is 0.384 e. The lowest BCUT2D eigenvalue weighted by Gasteiger charge is -2.11. The van der Waals surface area contributed by atoms with Crippen LogP contribution in [-0.4, -0.2) is 34.3 Å². The molecule has 0 saturated carbocycles. The van der Waals surface area contributed by atoms with E-state index in [1.54, 1.807) is 0 Å². The monoisotopic (exact) mass is 279 g/mol. The lowest BCUT2D eigenvalue weighted by atomic mass is 10.2. The molecule has 4 N–H and O–H groups in total. The van der Waals surface area contributed by atoms with Crippen LogP contribution in [0.3, 0.4) is 0 Å². The van der Waals surface area contributed by atoms with Crippen LogP contribution in [0.5, 0.6) is 0 Å². The molecule has 0 bridgehead atoms. The summed E-state index contributed by atoms with van der Waals surface area (Å²) >= 11 is 0. The zero-order chi connectivity index (χ0) is 14.7. The minimum absolute atomic E-state index is 0.0231. The van der Waals surface area contributed by atoms with Gasteiger partial charge in [0.05, 0.1) is 4.92 Å². The second-order valence-electron chi connectivity index (χ2n) is 4.40. The van der Waals surface area contributed by atoms with Gasteiger partial charge in [0, 0.05) is 19.0 Å². The number of nitro groups is 1. The molecular formula is C11H13N5O4.